The Labute approximate surface area is 119 Å². The van der Waals surface area contributed by atoms with Crippen LogP contribution in [0, 0.1) is 5.82 Å². The topological polar surface area (TPSA) is 59.1 Å². The molecule has 8 heteroatoms. The zero-order chi connectivity index (χ0) is 14.0. The number of anilines is 1. The number of rotatable bonds is 3. The van der Waals surface area contributed by atoms with E-state index in [0.29, 0.717) is 0 Å². The SMILES string of the molecule is O=S(=O)(Nc1ncccc1Cl)c1cccc(Cl)c1F. The molecule has 0 aliphatic carbocycles. The fourth-order valence-electron chi connectivity index (χ4n) is 1.33. The van der Waals surface area contributed by atoms with Gasteiger partial charge in [-0.25, -0.2) is 17.8 Å². The highest BCUT2D eigenvalue weighted by Crippen LogP contribution is 2.25. The molecule has 0 fully saturated rings. The van der Waals surface area contributed by atoms with Gasteiger partial charge >= 0.3 is 0 Å². The first-order chi connectivity index (χ1) is 8.92. The molecule has 0 bridgehead atoms. The van der Waals surface area contributed by atoms with E-state index < -0.39 is 20.7 Å². The van der Waals surface area contributed by atoms with Crippen LogP contribution in [0.3, 0.4) is 0 Å². The molecular weight excluding hydrogens is 314 g/mol. The van der Waals surface area contributed by atoms with Crippen LogP contribution >= 0.6 is 23.2 Å². The quantitative estimate of drug-likeness (QED) is 0.943. The third-order valence-electron chi connectivity index (χ3n) is 2.20. The molecule has 0 aliphatic rings. The lowest BCUT2D eigenvalue weighted by atomic mass is 10.3. The smallest absolute Gasteiger partial charge is 0.262 e. The van der Waals surface area contributed by atoms with Gasteiger partial charge in [-0.3, -0.25) is 4.72 Å². The number of aromatic nitrogens is 1. The van der Waals surface area contributed by atoms with Crippen molar-refractivity contribution in [2.24, 2.45) is 0 Å². The van der Waals surface area contributed by atoms with Gasteiger partial charge in [-0.05, 0) is 24.3 Å². The lowest BCUT2D eigenvalue weighted by Crippen LogP contribution is -2.15. The van der Waals surface area contributed by atoms with Crippen molar-refractivity contribution in [1.29, 1.82) is 0 Å². The molecule has 4 nitrogen and oxygen atoms in total. The molecule has 1 aromatic heterocycles. The summed E-state index contributed by atoms with van der Waals surface area (Å²) in [7, 11) is -4.15. The Morgan fingerprint density at radius 1 is 1.11 bits per heavy atom. The Morgan fingerprint density at radius 2 is 1.79 bits per heavy atom. The molecule has 1 aromatic carbocycles. The van der Waals surface area contributed by atoms with E-state index in [1.54, 1.807) is 6.07 Å². The number of halogens is 3. The van der Waals surface area contributed by atoms with Gasteiger partial charge in [0.05, 0.1) is 10.0 Å². The molecule has 0 saturated carbocycles. The number of hydrogen-bond donors (Lipinski definition) is 1. The Balaban J connectivity index is 2.44. The molecule has 19 heavy (non-hydrogen) atoms. The van der Waals surface area contributed by atoms with Crippen LogP contribution < -0.4 is 4.72 Å². The third kappa shape index (κ3) is 2.97. The number of pyridine rings is 1. The molecule has 0 aliphatic heterocycles. The zero-order valence-corrected chi connectivity index (χ0v) is 11.6. The molecule has 0 atom stereocenters. The molecule has 2 aromatic rings. The summed E-state index contributed by atoms with van der Waals surface area (Å²) < 4.78 is 39.8. The standard InChI is InChI=1S/C11H7Cl2FN2O2S/c12-7-3-1-5-9(10(7)14)19(17,18)16-11-8(13)4-2-6-15-11/h1-6H,(H,15,16). The minimum absolute atomic E-state index is 0.0801. The Kier molecular flexibility index (Phi) is 3.93. The number of sulfonamides is 1. The lowest BCUT2D eigenvalue weighted by Gasteiger charge is -2.09. The Hall–Kier alpha value is -1.37. The fourth-order valence-corrected chi connectivity index (χ4v) is 2.92. The highest BCUT2D eigenvalue weighted by atomic mass is 35.5. The van der Waals surface area contributed by atoms with Gasteiger partial charge in [-0.15, -0.1) is 0 Å². The molecule has 0 amide bonds. The molecule has 0 radical (unpaired) electrons. The van der Waals surface area contributed by atoms with Crippen molar-refractivity contribution < 1.29 is 12.8 Å². The van der Waals surface area contributed by atoms with E-state index in [9.17, 15) is 12.8 Å². The summed E-state index contributed by atoms with van der Waals surface area (Å²) >= 11 is 11.3. The van der Waals surface area contributed by atoms with E-state index in [-0.39, 0.29) is 15.9 Å². The van der Waals surface area contributed by atoms with Crippen LogP contribution in [0.2, 0.25) is 10.0 Å². The van der Waals surface area contributed by atoms with Gasteiger partial charge in [-0.1, -0.05) is 29.3 Å². The van der Waals surface area contributed by atoms with Crippen molar-refractivity contribution in [3.8, 4) is 0 Å². The molecule has 0 spiro atoms. The summed E-state index contributed by atoms with van der Waals surface area (Å²) in [5.41, 5.74) is 0. The van der Waals surface area contributed by atoms with Crippen molar-refractivity contribution in [3.63, 3.8) is 0 Å². The van der Waals surface area contributed by atoms with Crippen molar-refractivity contribution in [2.75, 3.05) is 4.72 Å². The van der Waals surface area contributed by atoms with Crippen molar-refractivity contribution >= 4 is 39.0 Å². The third-order valence-corrected chi connectivity index (χ3v) is 4.15. The number of benzene rings is 1. The maximum Gasteiger partial charge on any atom is 0.266 e. The second-order valence-electron chi connectivity index (χ2n) is 3.49. The summed E-state index contributed by atoms with van der Waals surface area (Å²) in [5.74, 6) is -1.10. The molecule has 100 valence electrons. The van der Waals surface area contributed by atoms with Crippen LogP contribution in [0.1, 0.15) is 0 Å². The van der Waals surface area contributed by atoms with Gasteiger partial charge < -0.3 is 0 Å². The summed E-state index contributed by atoms with van der Waals surface area (Å²) in [5, 5.41) is -0.177. The first kappa shape index (κ1) is 14.0. The summed E-state index contributed by atoms with van der Waals surface area (Å²) in [4.78, 5) is 3.20. The van der Waals surface area contributed by atoms with Gasteiger partial charge in [0.25, 0.3) is 10.0 Å². The van der Waals surface area contributed by atoms with E-state index in [1.165, 1.54) is 24.4 Å². The van der Waals surface area contributed by atoms with Gasteiger partial charge in [0, 0.05) is 6.20 Å². The normalized spacial score (nSPS) is 11.3. The van der Waals surface area contributed by atoms with Crippen LogP contribution in [0.5, 0.6) is 0 Å². The zero-order valence-electron chi connectivity index (χ0n) is 9.27. The number of nitrogens with zero attached hydrogens (tertiary/aromatic N) is 1. The predicted octanol–water partition coefficient (Wildman–Crippen LogP) is 3.33. The predicted molar refractivity (Wildman–Crippen MR) is 71.5 cm³/mol. The van der Waals surface area contributed by atoms with Crippen LogP contribution in [-0.2, 0) is 10.0 Å². The highest BCUT2D eigenvalue weighted by molar-refractivity contribution is 7.92. The monoisotopic (exact) mass is 320 g/mol. The van der Waals surface area contributed by atoms with E-state index in [1.807, 2.05) is 0 Å². The summed E-state index contributed by atoms with van der Waals surface area (Å²) in [6, 6.07) is 6.69. The summed E-state index contributed by atoms with van der Waals surface area (Å²) in [6.07, 6.45) is 1.36. The molecule has 0 unspecified atom stereocenters. The highest BCUT2D eigenvalue weighted by Gasteiger charge is 2.22. The maximum atomic E-state index is 13.7. The molecule has 1 N–H and O–H groups in total. The Bertz CT molecular complexity index is 722. The van der Waals surface area contributed by atoms with Crippen molar-refractivity contribution in [1.82, 2.24) is 4.98 Å². The van der Waals surface area contributed by atoms with E-state index in [2.05, 4.69) is 9.71 Å². The van der Waals surface area contributed by atoms with Gasteiger partial charge in [-0.2, -0.15) is 0 Å². The first-order valence-corrected chi connectivity index (χ1v) is 7.23. The molecular formula is C11H7Cl2FN2O2S. The van der Waals surface area contributed by atoms with Crippen LogP contribution in [0.25, 0.3) is 0 Å². The van der Waals surface area contributed by atoms with Crippen LogP contribution in [0.15, 0.2) is 41.4 Å². The average molecular weight is 321 g/mol. The second kappa shape index (κ2) is 5.32. The number of hydrogen-bond acceptors (Lipinski definition) is 3. The van der Waals surface area contributed by atoms with E-state index >= 15 is 0 Å². The van der Waals surface area contributed by atoms with Gasteiger partial charge in [0.2, 0.25) is 0 Å². The molecule has 1 heterocycles. The lowest BCUT2D eigenvalue weighted by molar-refractivity contribution is 0.570. The van der Waals surface area contributed by atoms with Crippen molar-refractivity contribution in [2.45, 2.75) is 4.90 Å². The van der Waals surface area contributed by atoms with E-state index in [4.69, 9.17) is 23.2 Å². The van der Waals surface area contributed by atoms with Crippen molar-refractivity contribution in [3.05, 3.63) is 52.4 Å². The summed E-state index contributed by atoms with van der Waals surface area (Å²) in [6.45, 7) is 0. The average Bonchev–Trinajstić information content (AvgIpc) is 2.35. The van der Waals surface area contributed by atoms with E-state index in [0.717, 1.165) is 6.07 Å². The second-order valence-corrected chi connectivity index (χ2v) is 5.96. The van der Waals surface area contributed by atoms with Gasteiger partial charge in [0.15, 0.2) is 11.6 Å². The minimum atomic E-state index is -4.15. The van der Waals surface area contributed by atoms with Crippen LogP contribution in [0.4, 0.5) is 10.2 Å². The molecule has 2 rings (SSSR count). The van der Waals surface area contributed by atoms with Crippen LogP contribution in [-0.4, -0.2) is 13.4 Å². The molecule has 0 saturated heterocycles. The van der Waals surface area contributed by atoms with Gasteiger partial charge in [0.1, 0.15) is 4.90 Å². The fraction of sp³-hybridized carbons (Fsp3) is 0. The largest absolute Gasteiger partial charge is 0.266 e. The minimum Gasteiger partial charge on any atom is -0.262 e. The number of nitrogens with one attached hydrogen (secondary N) is 1. The first-order valence-electron chi connectivity index (χ1n) is 4.99. The maximum absolute atomic E-state index is 13.7. The Morgan fingerprint density at radius 3 is 2.47 bits per heavy atom.